The summed E-state index contributed by atoms with van der Waals surface area (Å²) in [5.41, 5.74) is 3.61. The van der Waals surface area contributed by atoms with Crippen molar-refractivity contribution in [1.29, 1.82) is 0 Å². The molecule has 0 unspecified atom stereocenters. The smallest absolute Gasteiger partial charge is 0.274 e. The minimum absolute atomic E-state index is 0.113. The Bertz CT molecular complexity index is 1230. The van der Waals surface area contributed by atoms with Crippen LogP contribution in [0.4, 0.5) is 18.9 Å². The van der Waals surface area contributed by atoms with Crippen molar-refractivity contribution in [3.8, 4) is 5.75 Å². The quantitative estimate of drug-likeness (QED) is 0.425. The lowest BCUT2D eigenvalue weighted by Crippen LogP contribution is -2.34. The number of anilines is 1. The van der Waals surface area contributed by atoms with Gasteiger partial charge in [-0.15, -0.1) is 0 Å². The topological polar surface area (TPSA) is 40.5 Å². The van der Waals surface area contributed by atoms with Gasteiger partial charge in [0.15, 0.2) is 0 Å². The Morgan fingerprint density at radius 3 is 2.31 bits per heavy atom. The van der Waals surface area contributed by atoms with E-state index in [4.69, 9.17) is 0 Å². The first-order valence-corrected chi connectivity index (χ1v) is 12.0. The maximum atomic E-state index is 15.4. The SMILES string of the molecule is Cc1cc(F)ccc1[C@H]1CC(F)(F)c2cc(O)ccc2[C@H]1c1ccc(N2CCC(C=O)CC2)cc1. The van der Waals surface area contributed by atoms with Gasteiger partial charge >= 0.3 is 0 Å². The molecule has 0 saturated carbocycles. The number of fused-ring (bicyclic) bond motifs is 1. The first-order chi connectivity index (χ1) is 16.8. The van der Waals surface area contributed by atoms with Crippen LogP contribution in [-0.4, -0.2) is 24.5 Å². The lowest BCUT2D eigenvalue weighted by molar-refractivity contribution is -0.111. The zero-order chi connectivity index (χ0) is 24.7. The number of phenolic OH excluding ortho intramolecular Hbond substituents is 1. The third-order valence-electron chi connectivity index (χ3n) is 7.63. The number of rotatable bonds is 4. The number of alkyl halides is 2. The normalized spacial score (nSPS) is 22.0. The first kappa shape index (κ1) is 23.5. The van der Waals surface area contributed by atoms with E-state index < -0.39 is 24.1 Å². The van der Waals surface area contributed by atoms with Crippen LogP contribution in [0, 0.1) is 18.7 Å². The molecule has 0 amide bonds. The first-order valence-electron chi connectivity index (χ1n) is 12.0. The molecule has 1 fully saturated rings. The standard InChI is InChI=1S/C29H28F3NO2/c1-18-14-21(30)4-8-24(18)26-16-29(31,32)27-15-23(35)7-9-25(27)28(26)20-2-5-22(6-3-20)33-12-10-19(17-34)11-13-33/h2-9,14-15,17,19,26,28,35H,10-13,16H2,1H3/t26-,28-/m1/s1. The number of halogens is 3. The van der Waals surface area contributed by atoms with Gasteiger partial charge in [-0.2, -0.15) is 0 Å². The third-order valence-corrected chi connectivity index (χ3v) is 7.63. The molecule has 1 saturated heterocycles. The van der Waals surface area contributed by atoms with E-state index in [9.17, 15) is 14.3 Å². The van der Waals surface area contributed by atoms with E-state index in [0.29, 0.717) is 16.7 Å². The highest BCUT2D eigenvalue weighted by atomic mass is 19.3. The molecule has 3 nitrogen and oxygen atoms in total. The van der Waals surface area contributed by atoms with Gasteiger partial charge in [0.05, 0.1) is 0 Å². The maximum absolute atomic E-state index is 15.4. The fourth-order valence-corrected chi connectivity index (χ4v) is 5.80. The molecule has 3 aromatic rings. The van der Waals surface area contributed by atoms with E-state index in [2.05, 4.69) is 4.90 Å². The van der Waals surface area contributed by atoms with Gasteiger partial charge < -0.3 is 14.8 Å². The second kappa shape index (κ2) is 9.06. The van der Waals surface area contributed by atoms with Crippen LogP contribution in [0.25, 0.3) is 0 Å². The highest BCUT2D eigenvalue weighted by molar-refractivity contribution is 5.57. The number of nitrogens with zero attached hydrogens (tertiary/aromatic N) is 1. The lowest BCUT2D eigenvalue weighted by atomic mass is 9.67. The molecule has 1 aliphatic heterocycles. The van der Waals surface area contributed by atoms with Crippen molar-refractivity contribution in [2.24, 2.45) is 5.92 Å². The van der Waals surface area contributed by atoms with Crippen molar-refractivity contribution in [2.75, 3.05) is 18.0 Å². The minimum atomic E-state index is -3.13. The average Bonchev–Trinajstić information content (AvgIpc) is 2.84. The van der Waals surface area contributed by atoms with Crippen LogP contribution >= 0.6 is 0 Å². The molecule has 1 heterocycles. The van der Waals surface area contributed by atoms with Crippen LogP contribution in [0.5, 0.6) is 5.75 Å². The van der Waals surface area contributed by atoms with E-state index >= 15 is 8.78 Å². The molecular weight excluding hydrogens is 451 g/mol. The molecule has 0 aromatic heterocycles. The fourth-order valence-electron chi connectivity index (χ4n) is 5.80. The Labute approximate surface area is 203 Å². The molecule has 5 rings (SSSR count). The number of piperidine rings is 1. The van der Waals surface area contributed by atoms with Gasteiger partial charge in [0, 0.05) is 48.5 Å². The van der Waals surface area contributed by atoms with E-state index in [-0.39, 0.29) is 23.1 Å². The summed E-state index contributed by atoms with van der Waals surface area (Å²) in [6.45, 7) is 3.36. The molecule has 1 aliphatic carbocycles. The van der Waals surface area contributed by atoms with Crippen molar-refractivity contribution in [1.82, 2.24) is 0 Å². The molecule has 1 N–H and O–H groups in total. The minimum Gasteiger partial charge on any atom is -0.508 e. The second-order valence-corrected chi connectivity index (χ2v) is 9.82. The van der Waals surface area contributed by atoms with Gasteiger partial charge in [0.2, 0.25) is 0 Å². The van der Waals surface area contributed by atoms with Crippen LogP contribution in [0.2, 0.25) is 0 Å². The van der Waals surface area contributed by atoms with Gasteiger partial charge in [0.1, 0.15) is 17.9 Å². The van der Waals surface area contributed by atoms with Gasteiger partial charge in [-0.1, -0.05) is 24.3 Å². The molecule has 3 aromatic carbocycles. The fraction of sp³-hybridized carbons (Fsp3) is 0.345. The van der Waals surface area contributed by atoms with Crippen molar-refractivity contribution < 1.29 is 23.1 Å². The van der Waals surface area contributed by atoms with Crippen LogP contribution in [0.15, 0.2) is 60.7 Å². The number of carbonyl (C=O) groups is 1. The number of benzene rings is 3. The Kier molecular flexibility index (Phi) is 6.07. The Morgan fingerprint density at radius 1 is 0.971 bits per heavy atom. The summed E-state index contributed by atoms with van der Waals surface area (Å²) in [6, 6.07) is 16.5. The summed E-state index contributed by atoms with van der Waals surface area (Å²) in [7, 11) is 0. The molecular formula is C29H28F3NO2. The molecule has 35 heavy (non-hydrogen) atoms. The van der Waals surface area contributed by atoms with Gasteiger partial charge in [-0.25, -0.2) is 13.2 Å². The summed E-state index contributed by atoms with van der Waals surface area (Å²) < 4.78 is 44.6. The van der Waals surface area contributed by atoms with E-state index in [1.165, 1.54) is 24.3 Å². The van der Waals surface area contributed by atoms with Crippen LogP contribution in [-0.2, 0) is 10.7 Å². The predicted octanol–water partition coefficient (Wildman–Crippen LogP) is 6.67. The molecule has 6 heteroatoms. The predicted molar refractivity (Wildman–Crippen MR) is 130 cm³/mol. The summed E-state index contributed by atoms with van der Waals surface area (Å²) in [5.74, 6) is -4.52. The molecule has 0 radical (unpaired) electrons. The summed E-state index contributed by atoms with van der Waals surface area (Å²) in [5, 5.41) is 9.95. The Balaban J connectivity index is 1.56. The van der Waals surface area contributed by atoms with Gasteiger partial charge in [-0.05, 0) is 78.4 Å². The maximum Gasteiger partial charge on any atom is 0.274 e. The zero-order valence-electron chi connectivity index (χ0n) is 19.6. The highest BCUT2D eigenvalue weighted by Crippen LogP contribution is 2.55. The third kappa shape index (κ3) is 4.42. The van der Waals surface area contributed by atoms with Gasteiger partial charge in [0.25, 0.3) is 5.92 Å². The molecule has 0 spiro atoms. The average molecular weight is 480 g/mol. The molecule has 2 aliphatic rings. The molecule has 0 bridgehead atoms. The number of aldehydes is 1. The lowest BCUT2D eigenvalue weighted by Gasteiger charge is -2.39. The summed E-state index contributed by atoms with van der Waals surface area (Å²) >= 11 is 0. The second-order valence-electron chi connectivity index (χ2n) is 9.82. The Morgan fingerprint density at radius 2 is 1.66 bits per heavy atom. The van der Waals surface area contributed by atoms with Crippen molar-refractivity contribution >= 4 is 12.0 Å². The van der Waals surface area contributed by atoms with Crippen molar-refractivity contribution in [3.63, 3.8) is 0 Å². The summed E-state index contributed by atoms with van der Waals surface area (Å²) in [4.78, 5) is 13.3. The van der Waals surface area contributed by atoms with Crippen molar-refractivity contribution in [3.05, 3.63) is 94.3 Å². The number of aromatic hydroxyl groups is 1. The monoisotopic (exact) mass is 479 g/mol. The van der Waals surface area contributed by atoms with Crippen LogP contribution in [0.1, 0.15) is 58.9 Å². The van der Waals surface area contributed by atoms with Crippen LogP contribution in [0.3, 0.4) is 0 Å². The van der Waals surface area contributed by atoms with E-state index in [0.717, 1.165) is 43.5 Å². The van der Waals surface area contributed by atoms with E-state index in [1.807, 2.05) is 24.3 Å². The number of carbonyl (C=O) groups excluding carboxylic acids is 1. The number of hydrogen-bond donors (Lipinski definition) is 1. The number of phenols is 1. The Hall–Kier alpha value is -3.28. The van der Waals surface area contributed by atoms with Gasteiger partial charge in [-0.3, -0.25) is 0 Å². The molecule has 182 valence electrons. The highest BCUT2D eigenvalue weighted by Gasteiger charge is 2.47. The molecule has 2 atom stereocenters. The van der Waals surface area contributed by atoms with E-state index in [1.54, 1.807) is 19.1 Å². The largest absolute Gasteiger partial charge is 0.508 e. The van der Waals surface area contributed by atoms with Crippen molar-refractivity contribution in [2.45, 2.75) is 43.9 Å². The van der Waals surface area contributed by atoms with Crippen LogP contribution < -0.4 is 4.90 Å². The zero-order valence-corrected chi connectivity index (χ0v) is 19.6. The summed E-state index contributed by atoms with van der Waals surface area (Å²) in [6.07, 6.45) is 2.26. The number of aryl methyl sites for hydroxylation is 1. The number of hydrogen-bond acceptors (Lipinski definition) is 3.